The number of rotatable bonds is 2. The Balaban J connectivity index is 2.04. The molecule has 0 radical (unpaired) electrons. The van der Waals surface area contributed by atoms with Crippen LogP contribution in [-0.4, -0.2) is 20.1 Å². The van der Waals surface area contributed by atoms with Gasteiger partial charge in [-0.2, -0.15) is 9.61 Å². The van der Waals surface area contributed by atoms with Gasteiger partial charge in [0.05, 0.1) is 0 Å². The molecular weight excluding hydrogens is 200 g/mol. The molecule has 4 heteroatoms. The van der Waals surface area contributed by atoms with Crippen molar-refractivity contribution in [3.63, 3.8) is 0 Å². The van der Waals surface area contributed by atoms with Crippen LogP contribution in [0.2, 0.25) is 0 Å². The summed E-state index contributed by atoms with van der Waals surface area (Å²) in [6.45, 7) is 4.35. The lowest BCUT2D eigenvalue weighted by Crippen LogP contribution is -2.42. The lowest BCUT2D eigenvalue weighted by atomic mass is 9.78. The molecule has 0 unspecified atom stereocenters. The van der Waals surface area contributed by atoms with Crippen LogP contribution in [0.3, 0.4) is 0 Å². The monoisotopic (exact) mass is 216 g/mol. The fourth-order valence-corrected chi connectivity index (χ4v) is 2.29. The van der Waals surface area contributed by atoms with E-state index in [1.165, 1.54) is 24.8 Å². The van der Waals surface area contributed by atoms with Crippen molar-refractivity contribution in [1.82, 2.24) is 14.6 Å². The molecule has 0 spiro atoms. The average Bonchev–Trinajstić information content (AvgIpc) is 2.63. The lowest BCUT2D eigenvalue weighted by molar-refractivity contribution is 0.305. The first-order chi connectivity index (χ1) is 7.66. The number of aryl methyl sites for hydroxylation is 1. The Kier molecular flexibility index (Phi) is 1.93. The highest BCUT2D eigenvalue weighted by molar-refractivity contribution is 5.52. The number of hydrogen-bond donors (Lipinski definition) is 1. The van der Waals surface area contributed by atoms with Gasteiger partial charge in [-0.3, -0.25) is 0 Å². The normalized spacial score (nSPS) is 18.4. The first-order valence-corrected chi connectivity index (χ1v) is 5.75. The molecule has 1 saturated carbocycles. The van der Waals surface area contributed by atoms with Gasteiger partial charge in [0, 0.05) is 5.54 Å². The Morgan fingerprint density at radius 2 is 2.19 bits per heavy atom. The van der Waals surface area contributed by atoms with Crippen LogP contribution in [0.15, 0.2) is 18.5 Å². The summed E-state index contributed by atoms with van der Waals surface area (Å²) in [5, 5.41) is 7.83. The van der Waals surface area contributed by atoms with E-state index in [0.29, 0.717) is 0 Å². The van der Waals surface area contributed by atoms with Crippen molar-refractivity contribution in [2.75, 3.05) is 5.32 Å². The van der Waals surface area contributed by atoms with Crippen molar-refractivity contribution in [2.24, 2.45) is 0 Å². The van der Waals surface area contributed by atoms with Crippen molar-refractivity contribution < 1.29 is 0 Å². The van der Waals surface area contributed by atoms with Crippen LogP contribution in [0.25, 0.3) is 5.65 Å². The Hall–Kier alpha value is -1.58. The molecular formula is C12H16N4. The first-order valence-electron chi connectivity index (χ1n) is 5.75. The third kappa shape index (κ3) is 1.45. The van der Waals surface area contributed by atoms with Gasteiger partial charge in [0.1, 0.15) is 12.1 Å². The third-order valence-electron chi connectivity index (χ3n) is 3.41. The predicted octanol–water partition coefficient (Wildman–Crippen LogP) is 2.39. The van der Waals surface area contributed by atoms with E-state index in [0.717, 1.165) is 11.5 Å². The molecule has 0 aromatic carbocycles. The SMILES string of the molecule is Cc1cc(NC2(C)CCC2)n2ncnc2c1. The lowest BCUT2D eigenvalue weighted by Gasteiger charge is -2.40. The third-order valence-corrected chi connectivity index (χ3v) is 3.41. The zero-order valence-electron chi connectivity index (χ0n) is 9.70. The minimum Gasteiger partial charge on any atom is -0.365 e. The van der Waals surface area contributed by atoms with E-state index in [9.17, 15) is 0 Å². The second-order valence-corrected chi connectivity index (χ2v) is 4.99. The molecule has 2 heterocycles. The minimum absolute atomic E-state index is 0.243. The number of aromatic nitrogens is 3. The quantitative estimate of drug-likeness (QED) is 0.838. The molecule has 0 atom stereocenters. The molecule has 1 aliphatic carbocycles. The maximum absolute atomic E-state index is 4.25. The Labute approximate surface area is 94.7 Å². The van der Waals surface area contributed by atoms with E-state index < -0.39 is 0 Å². The van der Waals surface area contributed by atoms with E-state index in [4.69, 9.17) is 0 Å². The zero-order valence-corrected chi connectivity index (χ0v) is 9.70. The molecule has 0 saturated heterocycles. The van der Waals surface area contributed by atoms with Crippen LogP contribution in [0, 0.1) is 6.92 Å². The summed E-state index contributed by atoms with van der Waals surface area (Å²) in [4.78, 5) is 4.23. The molecule has 1 aliphatic rings. The van der Waals surface area contributed by atoms with Crippen molar-refractivity contribution >= 4 is 11.5 Å². The van der Waals surface area contributed by atoms with Crippen LogP contribution < -0.4 is 5.32 Å². The van der Waals surface area contributed by atoms with E-state index in [1.54, 1.807) is 6.33 Å². The summed E-state index contributed by atoms with van der Waals surface area (Å²) in [7, 11) is 0. The molecule has 84 valence electrons. The summed E-state index contributed by atoms with van der Waals surface area (Å²) >= 11 is 0. The van der Waals surface area contributed by atoms with Crippen LogP contribution >= 0.6 is 0 Å². The average molecular weight is 216 g/mol. The smallest absolute Gasteiger partial charge is 0.157 e. The molecule has 4 nitrogen and oxygen atoms in total. The molecule has 0 aliphatic heterocycles. The molecule has 2 aromatic heterocycles. The maximum atomic E-state index is 4.25. The van der Waals surface area contributed by atoms with Gasteiger partial charge in [-0.25, -0.2) is 4.98 Å². The highest BCUT2D eigenvalue weighted by Gasteiger charge is 2.32. The van der Waals surface area contributed by atoms with Crippen LogP contribution in [0.4, 0.5) is 5.82 Å². The molecule has 3 rings (SSSR count). The number of hydrogen-bond acceptors (Lipinski definition) is 3. The molecule has 2 aromatic rings. The molecule has 16 heavy (non-hydrogen) atoms. The molecule has 0 bridgehead atoms. The molecule has 1 N–H and O–H groups in total. The van der Waals surface area contributed by atoms with Gasteiger partial charge in [-0.15, -0.1) is 0 Å². The van der Waals surface area contributed by atoms with Crippen LogP contribution in [0.5, 0.6) is 0 Å². The highest BCUT2D eigenvalue weighted by Crippen LogP contribution is 2.34. The molecule has 0 amide bonds. The van der Waals surface area contributed by atoms with Crippen molar-refractivity contribution in [2.45, 2.75) is 38.6 Å². The van der Waals surface area contributed by atoms with E-state index in [-0.39, 0.29) is 5.54 Å². The summed E-state index contributed by atoms with van der Waals surface area (Å²) in [6, 6.07) is 4.17. The highest BCUT2D eigenvalue weighted by atomic mass is 15.3. The zero-order chi connectivity index (χ0) is 11.2. The van der Waals surface area contributed by atoms with Crippen LogP contribution in [-0.2, 0) is 0 Å². The van der Waals surface area contributed by atoms with Gasteiger partial charge >= 0.3 is 0 Å². The number of nitrogens with zero attached hydrogens (tertiary/aromatic N) is 3. The fraction of sp³-hybridized carbons (Fsp3) is 0.500. The summed E-state index contributed by atoms with van der Waals surface area (Å²) in [5.41, 5.74) is 2.36. The van der Waals surface area contributed by atoms with Crippen molar-refractivity contribution in [1.29, 1.82) is 0 Å². The van der Waals surface area contributed by atoms with Gasteiger partial charge in [0.15, 0.2) is 5.65 Å². The van der Waals surface area contributed by atoms with Gasteiger partial charge in [0.25, 0.3) is 0 Å². The Morgan fingerprint density at radius 3 is 2.88 bits per heavy atom. The van der Waals surface area contributed by atoms with E-state index >= 15 is 0 Å². The number of fused-ring (bicyclic) bond motifs is 1. The van der Waals surface area contributed by atoms with Gasteiger partial charge in [-0.1, -0.05) is 0 Å². The largest absolute Gasteiger partial charge is 0.365 e. The van der Waals surface area contributed by atoms with Gasteiger partial charge in [0.2, 0.25) is 0 Å². The first kappa shape index (κ1) is 9.63. The maximum Gasteiger partial charge on any atom is 0.157 e. The van der Waals surface area contributed by atoms with Crippen molar-refractivity contribution in [3.8, 4) is 0 Å². The van der Waals surface area contributed by atoms with Gasteiger partial charge in [-0.05, 0) is 50.8 Å². The molecule has 1 fully saturated rings. The number of anilines is 1. The predicted molar refractivity (Wildman–Crippen MR) is 63.6 cm³/mol. The summed E-state index contributed by atoms with van der Waals surface area (Å²) in [6.07, 6.45) is 5.38. The number of nitrogens with one attached hydrogen (secondary N) is 1. The van der Waals surface area contributed by atoms with Crippen LogP contribution in [0.1, 0.15) is 31.7 Å². The second-order valence-electron chi connectivity index (χ2n) is 4.99. The Morgan fingerprint density at radius 1 is 1.38 bits per heavy atom. The second kappa shape index (κ2) is 3.20. The van der Waals surface area contributed by atoms with E-state index in [2.05, 4.69) is 35.3 Å². The Bertz CT molecular complexity index is 525. The number of pyridine rings is 1. The standard InChI is InChI=1S/C12H16N4/c1-9-6-10-13-8-14-16(10)11(7-9)15-12(2)4-3-5-12/h6-8,15H,3-5H2,1-2H3. The fourth-order valence-electron chi connectivity index (χ4n) is 2.29. The minimum atomic E-state index is 0.243. The van der Waals surface area contributed by atoms with Crippen molar-refractivity contribution in [3.05, 3.63) is 24.0 Å². The van der Waals surface area contributed by atoms with Gasteiger partial charge < -0.3 is 5.32 Å². The summed E-state index contributed by atoms with van der Waals surface area (Å²) in [5.74, 6) is 1.05. The summed E-state index contributed by atoms with van der Waals surface area (Å²) < 4.78 is 1.87. The topological polar surface area (TPSA) is 42.2 Å². The van der Waals surface area contributed by atoms with E-state index in [1.807, 2.05) is 10.6 Å².